The zero-order valence-electron chi connectivity index (χ0n) is 14.0. The van der Waals surface area contributed by atoms with Crippen molar-refractivity contribution in [3.8, 4) is 0 Å². The summed E-state index contributed by atoms with van der Waals surface area (Å²) in [4.78, 5) is 28.0. The van der Waals surface area contributed by atoms with E-state index in [1.54, 1.807) is 4.90 Å². The molecule has 0 N–H and O–H groups in total. The quantitative estimate of drug-likeness (QED) is 0.834. The molecule has 1 aliphatic rings. The molecule has 0 bridgehead atoms. The standard InChI is InChI=1S/C16H22F3N3O2/c1-4-11-8-22(9-13(11)20(2)3)14(23)10-21-7-5-6-12(15(21)24)16(17,18)19/h5-7,11,13H,4,8-10H2,1-3H3. The normalized spacial score (nSPS) is 21.5. The number of alkyl halides is 3. The van der Waals surface area contributed by atoms with E-state index in [9.17, 15) is 22.8 Å². The van der Waals surface area contributed by atoms with E-state index in [1.807, 2.05) is 21.0 Å². The van der Waals surface area contributed by atoms with Crippen LogP contribution in [0.4, 0.5) is 13.2 Å². The maximum Gasteiger partial charge on any atom is 0.421 e. The van der Waals surface area contributed by atoms with Crippen molar-refractivity contribution < 1.29 is 18.0 Å². The molecule has 1 amide bonds. The summed E-state index contributed by atoms with van der Waals surface area (Å²) >= 11 is 0. The van der Waals surface area contributed by atoms with E-state index < -0.39 is 17.3 Å². The average molecular weight is 345 g/mol. The molecule has 0 aliphatic carbocycles. The highest BCUT2D eigenvalue weighted by atomic mass is 19.4. The molecule has 24 heavy (non-hydrogen) atoms. The van der Waals surface area contributed by atoms with Crippen LogP contribution in [-0.4, -0.2) is 53.5 Å². The molecule has 1 aromatic rings. The number of hydrogen-bond acceptors (Lipinski definition) is 3. The average Bonchev–Trinajstić information content (AvgIpc) is 2.92. The molecule has 1 saturated heterocycles. The highest BCUT2D eigenvalue weighted by molar-refractivity contribution is 5.76. The van der Waals surface area contributed by atoms with Crippen LogP contribution < -0.4 is 5.56 Å². The lowest BCUT2D eigenvalue weighted by atomic mass is 10.0. The van der Waals surface area contributed by atoms with Crippen LogP contribution in [0, 0.1) is 5.92 Å². The lowest BCUT2D eigenvalue weighted by Crippen LogP contribution is -2.39. The van der Waals surface area contributed by atoms with Crippen LogP contribution in [0.15, 0.2) is 23.1 Å². The molecule has 1 aliphatic heterocycles. The van der Waals surface area contributed by atoms with Gasteiger partial charge in [-0.2, -0.15) is 13.2 Å². The molecule has 1 fully saturated rings. The minimum absolute atomic E-state index is 0.220. The van der Waals surface area contributed by atoms with Crippen LogP contribution in [0.1, 0.15) is 18.9 Å². The number of halogens is 3. The minimum atomic E-state index is -4.72. The van der Waals surface area contributed by atoms with Crippen LogP contribution in [-0.2, 0) is 17.5 Å². The Morgan fingerprint density at radius 1 is 1.33 bits per heavy atom. The van der Waals surface area contributed by atoms with E-state index in [4.69, 9.17) is 0 Å². The third kappa shape index (κ3) is 3.80. The SMILES string of the molecule is CCC1CN(C(=O)Cn2cccc(C(F)(F)F)c2=O)CC1N(C)C. The fourth-order valence-corrected chi connectivity index (χ4v) is 3.17. The molecule has 0 radical (unpaired) electrons. The van der Waals surface area contributed by atoms with Gasteiger partial charge in [-0.15, -0.1) is 0 Å². The van der Waals surface area contributed by atoms with E-state index >= 15 is 0 Å². The highest BCUT2D eigenvalue weighted by Gasteiger charge is 2.36. The van der Waals surface area contributed by atoms with E-state index in [0.29, 0.717) is 19.0 Å². The summed E-state index contributed by atoms with van der Waals surface area (Å²) in [6.07, 6.45) is -2.59. The number of nitrogens with zero attached hydrogens (tertiary/aromatic N) is 3. The molecule has 2 rings (SSSR count). The van der Waals surface area contributed by atoms with Gasteiger partial charge in [0.05, 0.1) is 0 Å². The molecule has 2 heterocycles. The third-order valence-electron chi connectivity index (χ3n) is 4.58. The van der Waals surface area contributed by atoms with Crippen LogP contribution in [0.5, 0.6) is 0 Å². The molecule has 0 saturated carbocycles. The van der Waals surface area contributed by atoms with Crippen molar-refractivity contribution in [2.75, 3.05) is 27.2 Å². The Morgan fingerprint density at radius 2 is 2.00 bits per heavy atom. The Bertz CT molecular complexity index is 655. The molecule has 8 heteroatoms. The minimum Gasteiger partial charge on any atom is -0.339 e. The first-order valence-electron chi connectivity index (χ1n) is 7.86. The highest BCUT2D eigenvalue weighted by Crippen LogP contribution is 2.26. The van der Waals surface area contributed by atoms with E-state index in [0.717, 1.165) is 23.1 Å². The second-order valence-electron chi connectivity index (χ2n) is 6.35. The van der Waals surface area contributed by atoms with Crippen molar-refractivity contribution in [2.45, 2.75) is 32.1 Å². The monoisotopic (exact) mass is 345 g/mol. The number of amides is 1. The zero-order chi connectivity index (χ0) is 18.1. The zero-order valence-corrected chi connectivity index (χ0v) is 14.0. The number of likely N-dealkylation sites (N-methyl/N-ethyl adjacent to an activating group) is 1. The van der Waals surface area contributed by atoms with Crippen molar-refractivity contribution in [2.24, 2.45) is 5.92 Å². The van der Waals surface area contributed by atoms with Gasteiger partial charge in [-0.25, -0.2) is 0 Å². The number of hydrogen-bond donors (Lipinski definition) is 0. The lowest BCUT2D eigenvalue weighted by molar-refractivity contribution is -0.139. The first kappa shape index (κ1) is 18.5. The van der Waals surface area contributed by atoms with Crippen LogP contribution in [0.3, 0.4) is 0 Å². The Balaban J connectivity index is 2.15. The van der Waals surface area contributed by atoms with Gasteiger partial charge >= 0.3 is 6.18 Å². The van der Waals surface area contributed by atoms with Gasteiger partial charge in [-0.05, 0) is 32.1 Å². The van der Waals surface area contributed by atoms with Crippen LogP contribution >= 0.6 is 0 Å². The van der Waals surface area contributed by atoms with Gasteiger partial charge in [0.1, 0.15) is 12.1 Å². The Hall–Kier alpha value is -1.83. The second kappa shape index (κ2) is 6.96. The fourth-order valence-electron chi connectivity index (χ4n) is 3.17. The Kier molecular flexibility index (Phi) is 5.37. The van der Waals surface area contributed by atoms with Crippen LogP contribution in [0.25, 0.3) is 0 Å². The number of carbonyl (C=O) groups excluding carboxylic acids is 1. The van der Waals surface area contributed by atoms with Gasteiger partial charge in [-0.1, -0.05) is 13.3 Å². The van der Waals surface area contributed by atoms with Gasteiger partial charge < -0.3 is 14.4 Å². The summed E-state index contributed by atoms with van der Waals surface area (Å²) in [5, 5.41) is 0. The summed E-state index contributed by atoms with van der Waals surface area (Å²) in [7, 11) is 3.89. The summed E-state index contributed by atoms with van der Waals surface area (Å²) in [6, 6.07) is 2.09. The predicted octanol–water partition coefficient (Wildman–Crippen LogP) is 1.67. The molecular formula is C16H22F3N3O2. The van der Waals surface area contributed by atoms with Gasteiger partial charge in [0.25, 0.3) is 5.56 Å². The number of pyridine rings is 1. The lowest BCUT2D eigenvalue weighted by Gasteiger charge is -2.23. The molecule has 134 valence electrons. The van der Waals surface area contributed by atoms with Gasteiger partial charge in [0, 0.05) is 25.3 Å². The topological polar surface area (TPSA) is 45.6 Å². The van der Waals surface area contributed by atoms with E-state index in [-0.39, 0.29) is 18.5 Å². The summed E-state index contributed by atoms with van der Waals surface area (Å²) in [5.74, 6) is -0.0126. The first-order chi connectivity index (χ1) is 11.1. The van der Waals surface area contributed by atoms with Gasteiger partial charge in [0.2, 0.25) is 5.91 Å². The molecule has 2 atom stereocenters. The van der Waals surface area contributed by atoms with Crippen molar-refractivity contribution in [3.63, 3.8) is 0 Å². The molecule has 2 unspecified atom stereocenters. The van der Waals surface area contributed by atoms with Crippen molar-refractivity contribution >= 4 is 5.91 Å². The number of likely N-dealkylation sites (tertiary alicyclic amines) is 1. The van der Waals surface area contributed by atoms with Crippen molar-refractivity contribution in [1.82, 2.24) is 14.4 Å². The molecule has 5 nitrogen and oxygen atoms in total. The second-order valence-corrected chi connectivity index (χ2v) is 6.35. The van der Waals surface area contributed by atoms with Crippen molar-refractivity contribution in [3.05, 3.63) is 34.2 Å². The largest absolute Gasteiger partial charge is 0.421 e. The molecular weight excluding hydrogens is 323 g/mol. The Morgan fingerprint density at radius 3 is 2.50 bits per heavy atom. The van der Waals surface area contributed by atoms with Crippen molar-refractivity contribution in [1.29, 1.82) is 0 Å². The fraction of sp³-hybridized carbons (Fsp3) is 0.625. The maximum absolute atomic E-state index is 12.8. The Labute approximate surface area is 138 Å². The first-order valence-corrected chi connectivity index (χ1v) is 7.86. The van der Waals surface area contributed by atoms with E-state index in [2.05, 4.69) is 4.90 Å². The van der Waals surface area contributed by atoms with E-state index in [1.165, 1.54) is 6.20 Å². The number of aromatic nitrogens is 1. The number of rotatable bonds is 4. The molecule has 0 spiro atoms. The molecule has 1 aromatic heterocycles. The third-order valence-corrected chi connectivity index (χ3v) is 4.58. The van der Waals surface area contributed by atoms with Gasteiger partial charge in [0.15, 0.2) is 0 Å². The smallest absolute Gasteiger partial charge is 0.339 e. The summed E-state index contributed by atoms with van der Waals surface area (Å²) < 4.78 is 39.2. The summed E-state index contributed by atoms with van der Waals surface area (Å²) in [6.45, 7) is 2.76. The number of carbonyl (C=O) groups is 1. The maximum atomic E-state index is 12.8. The van der Waals surface area contributed by atoms with Crippen LogP contribution in [0.2, 0.25) is 0 Å². The summed E-state index contributed by atoms with van der Waals surface area (Å²) in [5.41, 5.74) is -2.44. The molecule has 0 aromatic carbocycles. The predicted molar refractivity (Wildman–Crippen MR) is 83.5 cm³/mol. The van der Waals surface area contributed by atoms with Gasteiger partial charge in [-0.3, -0.25) is 9.59 Å².